The first-order valence-corrected chi connectivity index (χ1v) is 8.88. The van der Waals surface area contributed by atoms with E-state index in [1.165, 1.54) is 64.2 Å². The lowest BCUT2D eigenvalue weighted by atomic mass is 9.74. The molecule has 0 bridgehead atoms. The minimum Gasteiger partial charge on any atom is -0.0654 e. The predicted molar refractivity (Wildman–Crippen MR) is 83.0 cm³/mol. The van der Waals surface area contributed by atoms with Gasteiger partial charge in [-0.1, -0.05) is 104 Å². The molecule has 0 aliphatic heterocycles. The zero-order valence-electron chi connectivity index (χ0n) is 13.1. The fourth-order valence-electron chi connectivity index (χ4n) is 3.71. The number of hydrogen-bond acceptors (Lipinski definition) is 0. The second kappa shape index (κ2) is 10.9. The predicted octanol–water partition coefficient (Wildman–Crippen LogP) is 6.73. The third-order valence-electron chi connectivity index (χ3n) is 4.92. The molecule has 108 valence electrons. The zero-order valence-corrected chi connectivity index (χ0v) is 13.1. The van der Waals surface area contributed by atoms with Gasteiger partial charge in [-0.15, -0.1) is 0 Å². The Morgan fingerprint density at radius 1 is 0.611 bits per heavy atom. The SMILES string of the molecule is CCCCCCC1CCCCC1CCCCCC. The van der Waals surface area contributed by atoms with Crippen molar-refractivity contribution in [3.63, 3.8) is 0 Å². The Bertz CT molecular complexity index is 153. The van der Waals surface area contributed by atoms with Crippen LogP contribution in [0, 0.1) is 11.8 Å². The molecule has 2 atom stereocenters. The molecule has 0 amide bonds. The lowest BCUT2D eigenvalue weighted by molar-refractivity contribution is 0.202. The maximum absolute atomic E-state index is 2.32. The van der Waals surface area contributed by atoms with Crippen LogP contribution in [-0.2, 0) is 0 Å². The summed E-state index contributed by atoms with van der Waals surface area (Å²) in [4.78, 5) is 0. The van der Waals surface area contributed by atoms with E-state index in [1.54, 1.807) is 25.7 Å². The Morgan fingerprint density at radius 2 is 1.06 bits per heavy atom. The summed E-state index contributed by atoms with van der Waals surface area (Å²) in [7, 11) is 0. The molecular formula is C18H36. The Morgan fingerprint density at radius 3 is 1.44 bits per heavy atom. The van der Waals surface area contributed by atoms with Gasteiger partial charge in [0.25, 0.3) is 0 Å². The van der Waals surface area contributed by atoms with Crippen molar-refractivity contribution >= 4 is 0 Å². The van der Waals surface area contributed by atoms with E-state index >= 15 is 0 Å². The molecule has 1 saturated carbocycles. The van der Waals surface area contributed by atoms with Crippen molar-refractivity contribution in [2.75, 3.05) is 0 Å². The van der Waals surface area contributed by atoms with Crippen molar-refractivity contribution in [2.45, 2.75) is 104 Å². The quantitative estimate of drug-likeness (QED) is 0.378. The molecule has 1 rings (SSSR count). The fraction of sp³-hybridized carbons (Fsp3) is 1.00. The first kappa shape index (κ1) is 16.1. The van der Waals surface area contributed by atoms with Crippen LogP contribution >= 0.6 is 0 Å². The molecule has 0 N–H and O–H groups in total. The summed E-state index contributed by atoms with van der Waals surface area (Å²) in [5, 5.41) is 0. The molecule has 18 heavy (non-hydrogen) atoms. The third kappa shape index (κ3) is 6.81. The number of hydrogen-bond donors (Lipinski definition) is 0. The van der Waals surface area contributed by atoms with E-state index in [-0.39, 0.29) is 0 Å². The van der Waals surface area contributed by atoms with Crippen LogP contribution in [-0.4, -0.2) is 0 Å². The smallest absolute Gasteiger partial charge is 0.0386 e. The third-order valence-corrected chi connectivity index (χ3v) is 4.92. The van der Waals surface area contributed by atoms with Crippen molar-refractivity contribution in [1.82, 2.24) is 0 Å². The lowest BCUT2D eigenvalue weighted by Gasteiger charge is -2.32. The fourth-order valence-corrected chi connectivity index (χ4v) is 3.71. The van der Waals surface area contributed by atoms with E-state index in [2.05, 4.69) is 13.8 Å². The van der Waals surface area contributed by atoms with Gasteiger partial charge < -0.3 is 0 Å². The van der Waals surface area contributed by atoms with Gasteiger partial charge in [0.05, 0.1) is 0 Å². The van der Waals surface area contributed by atoms with Crippen molar-refractivity contribution in [3.05, 3.63) is 0 Å². The van der Waals surface area contributed by atoms with Crippen LogP contribution in [0.25, 0.3) is 0 Å². The van der Waals surface area contributed by atoms with Gasteiger partial charge in [0.2, 0.25) is 0 Å². The van der Waals surface area contributed by atoms with Crippen LogP contribution < -0.4 is 0 Å². The molecule has 0 radical (unpaired) electrons. The summed E-state index contributed by atoms with van der Waals surface area (Å²) in [5.74, 6) is 2.19. The summed E-state index contributed by atoms with van der Waals surface area (Å²) in [5.41, 5.74) is 0. The van der Waals surface area contributed by atoms with Gasteiger partial charge in [0.15, 0.2) is 0 Å². The Labute approximate surface area is 116 Å². The van der Waals surface area contributed by atoms with Crippen molar-refractivity contribution in [3.8, 4) is 0 Å². The average Bonchev–Trinajstić information content (AvgIpc) is 2.41. The standard InChI is InChI=1S/C18H36/c1-3-5-7-9-13-17-15-11-12-16-18(17)14-10-8-6-4-2/h17-18H,3-16H2,1-2H3. The van der Waals surface area contributed by atoms with Crippen LogP contribution in [0.2, 0.25) is 0 Å². The minimum atomic E-state index is 1.09. The molecule has 0 heterocycles. The summed E-state index contributed by atoms with van der Waals surface area (Å²) >= 11 is 0. The van der Waals surface area contributed by atoms with Gasteiger partial charge in [-0.05, 0) is 11.8 Å². The van der Waals surface area contributed by atoms with E-state index in [4.69, 9.17) is 0 Å². The van der Waals surface area contributed by atoms with Gasteiger partial charge in [-0.3, -0.25) is 0 Å². The van der Waals surface area contributed by atoms with Crippen LogP contribution in [0.3, 0.4) is 0 Å². The molecule has 0 heteroatoms. The highest BCUT2D eigenvalue weighted by molar-refractivity contribution is 4.75. The van der Waals surface area contributed by atoms with E-state index in [0.29, 0.717) is 0 Å². The van der Waals surface area contributed by atoms with Crippen molar-refractivity contribution in [2.24, 2.45) is 11.8 Å². The van der Waals surface area contributed by atoms with E-state index in [1.807, 2.05) is 0 Å². The first-order valence-electron chi connectivity index (χ1n) is 8.88. The molecule has 2 unspecified atom stereocenters. The van der Waals surface area contributed by atoms with Crippen LogP contribution in [0.5, 0.6) is 0 Å². The maximum atomic E-state index is 2.32. The number of rotatable bonds is 10. The Kier molecular flexibility index (Phi) is 9.70. The highest BCUT2D eigenvalue weighted by Crippen LogP contribution is 2.36. The molecule has 0 saturated heterocycles. The summed E-state index contributed by atoms with van der Waals surface area (Å²) < 4.78 is 0. The topological polar surface area (TPSA) is 0 Å². The van der Waals surface area contributed by atoms with Gasteiger partial charge in [0.1, 0.15) is 0 Å². The minimum absolute atomic E-state index is 1.09. The second-order valence-electron chi connectivity index (χ2n) is 6.50. The highest BCUT2D eigenvalue weighted by Gasteiger charge is 2.23. The molecule has 0 spiro atoms. The molecule has 0 nitrogen and oxygen atoms in total. The molecule has 1 fully saturated rings. The average molecular weight is 252 g/mol. The highest BCUT2D eigenvalue weighted by atomic mass is 14.3. The molecular weight excluding hydrogens is 216 g/mol. The van der Waals surface area contributed by atoms with Gasteiger partial charge in [-0.25, -0.2) is 0 Å². The Balaban J connectivity index is 2.15. The molecule has 0 aromatic carbocycles. The maximum Gasteiger partial charge on any atom is -0.0386 e. The van der Waals surface area contributed by atoms with Crippen molar-refractivity contribution < 1.29 is 0 Å². The first-order chi connectivity index (χ1) is 8.88. The summed E-state index contributed by atoms with van der Waals surface area (Å²) in [6.45, 7) is 4.63. The molecule has 1 aliphatic rings. The normalized spacial score (nSPS) is 24.3. The zero-order chi connectivity index (χ0) is 13.1. The molecule has 0 aromatic rings. The molecule has 1 aliphatic carbocycles. The van der Waals surface area contributed by atoms with E-state index in [0.717, 1.165) is 11.8 Å². The largest absolute Gasteiger partial charge is 0.0654 e. The van der Waals surface area contributed by atoms with Crippen LogP contribution in [0.15, 0.2) is 0 Å². The Hall–Kier alpha value is 0. The summed E-state index contributed by atoms with van der Waals surface area (Å²) in [6.07, 6.45) is 20.8. The van der Waals surface area contributed by atoms with Crippen LogP contribution in [0.4, 0.5) is 0 Å². The molecule has 0 aromatic heterocycles. The van der Waals surface area contributed by atoms with Gasteiger partial charge in [-0.2, -0.15) is 0 Å². The van der Waals surface area contributed by atoms with Gasteiger partial charge in [0, 0.05) is 0 Å². The van der Waals surface area contributed by atoms with E-state index < -0.39 is 0 Å². The monoisotopic (exact) mass is 252 g/mol. The van der Waals surface area contributed by atoms with E-state index in [9.17, 15) is 0 Å². The summed E-state index contributed by atoms with van der Waals surface area (Å²) in [6, 6.07) is 0. The lowest BCUT2D eigenvalue weighted by Crippen LogP contribution is -2.19. The van der Waals surface area contributed by atoms with Crippen molar-refractivity contribution in [1.29, 1.82) is 0 Å². The van der Waals surface area contributed by atoms with Crippen LogP contribution in [0.1, 0.15) is 104 Å². The second-order valence-corrected chi connectivity index (χ2v) is 6.50. The van der Waals surface area contributed by atoms with Gasteiger partial charge >= 0.3 is 0 Å². The number of unbranched alkanes of at least 4 members (excludes halogenated alkanes) is 6.